The van der Waals surface area contributed by atoms with Crippen LogP contribution in [0.3, 0.4) is 0 Å². The molecule has 19 heavy (non-hydrogen) atoms. The summed E-state index contributed by atoms with van der Waals surface area (Å²) in [5, 5.41) is 1.00. The third-order valence-corrected chi connectivity index (χ3v) is 5.54. The van der Waals surface area contributed by atoms with Crippen molar-refractivity contribution in [2.75, 3.05) is 6.61 Å². The van der Waals surface area contributed by atoms with Crippen molar-refractivity contribution in [2.45, 2.75) is 58.5 Å². The van der Waals surface area contributed by atoms with E-state index >= 15 is 0 Å². The summed E-state index contributed by atoms with van der Waals surface area (Å²) < 4.78 is 5.95. The number of hydrogen-bond donors (Lipinski definition) is 0. The molecule has 1 saturated heterocycles. The summed E-state index contributed by atoms with van der Waals surface area (Å²) in [6.45, 7) is 7.21. The lowest BCUT2D eigenvalue weighted by Gasteiger charge is -2.31. The van der Waals surface area contributed by atoms with Crippen LogP contribution in [0.5, 0.6) is 0 Å². The van der Waals surface area contributed by atoms with Gasteiger partial charge in [0.25, 0.3) is 0 Å². The molecule has 3 rings (SSSR count). The van der Waals surface area contributed by atoms with Crippen molar-refractivity contribution in [3.05, 3.63) is 15.6 Å². The minimum atomic E-state index is -0.273. The van der Waals surface area contributed by atoms with Crippen LogP contribution >= 0.6 is 11.3 Å². The molecule has 0 radical (unpaired) electrons. The predicted octanol–water partition coefficient (Wildman–Crippen LogP) is 3.71. The van der Waals surface area contributed by atoms with Gasteiger partial charge in [-0.3, -0.25) is 4.79 Å². The molecule has 104 valence electrons. The van der Waals surface area contributed by atoms with Gasteiger partial charge in [0.1, 0.15) is 10.6 Å². The van der Waals surface area contributed by atoms with E-state index in [4.69, 9.17) is 9.72 Å². The summed E-state index contributed by atoms with van der Waals surface area (Å²) in [7, 11) is 0. The lowest BCUT2D eigenvalue weighted by Crippen LogP contribution is -2.30. The Morgan fingerprint density at radius 2 is 2.00 bits per heavy atom. The van der Waals surface area contributed by atoms with Gasteiger partial charge in [0.15, 0.2) is 5.78 Å². The van der Waals surface area contributed by atoms with Crippen LogP contribution in [0, 0.1) is 5.41 Å². The number of aromatic nitrogens is 1. The molecule has 3 nitrogen and oxygen atoms in total. The number of carbonyl (C=O) groups is 1. The molecule has 0 N–H and O–H groups in total. The SMILES string of the molecule is CC1(C)CC(=O)c2sc(C3(C)CCCCO3)nc2C1. The summed E-state index contributed by atoms with van der Waals surface area (Å²) in [5.74, 6) is 0.259. The van der Waals surface area contributed by atoms with Gasteiger partial charge in [0, 0.05) is 13.0 Å². The monoisotopic (exact) mass is 279 g/mol. The second kappa shape index (κ2) is 4.38. The number of rotatable bonds is 1. The van der Waals surface area contributed by atoms with Crippen molar-refractivity contribution in [1.29, 1.82) is 0 Å². The highest BCUT2D eigenvalue weighted by Gasteiger charge is 2.39. The molecular weight excluding hydrogens is 258 g/mol. The van der Waals surface area contributed by atoms with E-state index < -0.39 is 0 Å². The molecule has 1 aliphatic heterocycles. The van der Waals surface area contributed by atoms with Gasteiger partial charge in [-0.1, -0.05) is 13.8 Å². The first-order valence-corrected chi connectivity index (χ1v) is 7.89. The summed E-state index contributed by atoms with van der Waals surface area (Å²) in [4.78, 5) is 17.9. The molecule has 1 aliphatic carbocycles. The van der Waals surface area contributed by atoms with Gasteiger partial charge in [-0.05, 0) is 38.0 Å². The van der Waals surface area contributed by atoms with Gasteiger partial charge >= 0.3 is 0 Å². The average molecular weight is 279 g/mol. The third kappa shape index (κ3) is 2.36. The molecule has 2 heterocycles. The normalized spacial score (nSPS) is 30.2. The minimum absolute atomic E-state index is 0.0454. The minimum Gasteiger partial charge on any atom is -0.368 e. The summed E-state index contributed by atoms with van der Waals surface area (Å²) >= 11 is 1.56. The fourth-order valence-electron chi connectivity index (χ4n) is 3.05. The Labute approximate surface area is 118 Å². The Hall–Kier alpha value is -0.740. The molecule has 0 spiro atoms. The highest BCUT2D eigenvalue weighted by molar-refractivity contribution is 7.14. The quantitative estimate of drug-likeness (QED) is 0.786. The molecule has 1 aromatic rings. The van der Waals surface area contributed by atoms with Crippen molar-refractivity contribution < 1.29 is 9.53 Å². The maximum Gasteiger partial charge on any atom is 0.175 e. The smallest absolute Gasteiger partial charge is 0.175 e. The van der Waals surface area contributed by atoms with Crippen LogP contribution in [-0.2, 0) is 16.8 Å². The lowest BCUT2D eigenvalue weighted by atomic mass is 9.78. The first-order valence-electron chi connectivity index (χ1n) is 7.07. The Balaban J connectivity index is 1.96. The molecule has 4 heteroatoms. The standard InChI is InChI=1S/C15H21NO2S/c1-14(2)8-10-12(11(17)9-14)19-13(16-10)15(3)6-4-5-7-18-15/h4-9H2,1-3H3. The van der Waals surface area contributed by atoms with Crippen molar-refractivity contribution in [1.82, 2.24) is 4.98 Å². The van der Waals surface area contributed by atoms with Gasteiger partial charge in [-0.15, -0.1) is 11.3 Å². The lowest BCUT2D eigenvalue weighted by molar-refractivity contribution is -0.0703. The zero-order valence-corrected chi connectivity index (χ0v) is 12.7. The van der Waals surface area contributed by atoms with Crippen molar-refractivity contribution in [3.63, 3.8) is 0 Å². The van der Waals surface area contributed by atoms with E-state index in [1.807, 2.05) is 0 Å². The maximum atomic E-state index is 12.2. The van der Waals surface area contributed by atoms with Crippen LogP contribution in [0.25, 0.3) is 0 Å². The maximum absolute atomic E-state index is 12.2. The zero-order valence-electron chi connectivity index (χ0n) is 11.9. The first-order chi connectivity index (χ1) is 8.90. The fraction of sp³-hybridized carbons (Fsp3) is 0.733. The van der Waals surface area contributed by atoms with Gasteiger partial charge < -0.3 is 4.74 Å². The second-order valence-corrected chi connectivity index (χ2v) is 7.77. The number of ether oxygens (including phenoxy) is 1. The van der Waals surface area contributed by atoms with Crippen LogP contribution in [0.2, 0.25) is 0 Å². The topological polar surface area (TPSA) is 39.2 Å². The highest BCUT2D eigenvalue weighted by Crippen LogP contribution is 2.42. The molecule has 1 fully saturated rings. The molecular formula is C15H21NO2S. The van der Waals surface area contributed by atoms with Crippen molar-refractivity contribution in [2.24, 2.45) is 5.41 Å². The first kappa shape index (κ1) is 13.3. The highest BCUT2D eigenvalue weighted by atomic mass is 32.1. The van der Waals surface area contributed by atoms with E-state index in [-0.39, 0.29) is 16.8 Å². The van der Waals surface area contributed by atoms with Gasteiger partial charge in [-0.25, -0.2) is 4.98 Å². The number of Topliss-reactive ketones (excluding diaryl/α,β-unsaturated/α-hetero) is 1. The predicted molar refractivity (Wildman–Crippen MR) is 75.7 cm³/mol. The average Bonchev–Trinajstić information content (AvgIpc) is 2.73. The van der Waals surface area contributed by atoms with E-state index in [1.165, 1.54) is 6.42 Å². The summed E-state index contributed by atoms with van der Waals surface area (Å²) in [6.07, 6.45) is 4.86. The Bertz CT molecular complexity index is 512. The Kier molecular flexibility index (Phi) is 3.06. The molecule has 0 saturated carbocycles. The van der Waals surface area contributed by atoms with E-state index in [2.05, 4.69) is 20.8 Å². The van der Waals surface area contributed by atoms with Crippen LogP contribution in [0.15, 0.2) is 0 Å². The number of hydrogen-bond acceptors (Lipinski definition) is 4. The zero-order chi connectivity index (χ0) is 13.7. The van der Waals surface area contributed by atoms with Gasteiger partial charge in [0.05, 0.1) is 10.6 Å². The summed E-state index contributed by atoms with van der Waals surface area (Å²) in [5.41, 5.74) is 0.769. The molecule has 1 aromatic heterocycles. The molecule has 0 aromatic carbocycles. The van der Waals surface area contributed by atoms with E-state index in [0.29, 0.717) is 6.42 Å². The van der Waals surface area contributed by atoms with E-state index in [0.717, 1.165) is 41.4 Å². The number of nitrogens with zero attached hydrogens (tertiary/aromatic N) is 1. The largest absolute Gasteiger partial charge is 0.368 e. The van der Waals surface area contributed by atoms with Crippen LogP contribution in [0.1, 0.15) is 66.8 Å². The molecule has 1 atom stereocenters. The number of fused-ring (bicyclic) bond motifs is 1. The number of thiazole rings is 1. The molecule has 2 aliphatic rings. The molecule has 0 amide bonds. The number of carbonyl (C=O) groups excluding carboxylic acids is 1. The van der Waals surface area contributed by atoms with Crippen molar-refractivity contribution in [3.8, 4) is 0 Å². The Morgan fingerprint density at radius 3 is 2.68 bits per heavy atom. The molecule has 0 bridgehead atoms. The van der Waals surface area contributed by atoms with Crippen LogP contribution in [0.4, 0.5) is 0 Å². The van der Waals surface area contributed by atoms with Crippen LogP contribution in [-0.4, -0.2) is 17.4 Å². The fourth-order valence-corrected chi connectivity index (χ4v) is 4.20. The van der Waals surface area contributed by atoms with Crippen molar-refractivity contribution >= 4 is 17.1 Å². The van der Waals surface area contributed by atoms with E-state index in [9.17, 15) is 4.79 Å². The molecule has 1 unspecified atom stereocenters. The Morgan fingerprint density at radius 1 is 1.21 bits per heavy atom. The summed E-state index contributed by atoms with van der Waals surface area (Å²) in [6, 6.07) is 0. The number of ketones is 1. The van der Waals surface area contributed by atoms with E-state index in [1.54, 1.807) is 11.3 Å². The second-order valence-electron chi connectivity index (χ2n) is 6.77. The van der Waals surface area contributed by atoms with Gasteiger partial charge in [-0.2, -0.15) is 0 Å². The third-order valence-electron chi connectivity index (χ3n) is 4.16. The van der Waals surface area contributed by atoms with Crippen LogP contribution < -0.4 is 0 Å². The van der Waals surface area contributed by atoms with Gasteiger partial charge in [0.2, 0.25) is 0 Å².